The van der Waals surface area contributed by atoms with E-state index in [4.69, 9.17) is 10.00 Å². The van der Waals surface area contributed by atoms with Crippen molar-refractivity contribution < 1.29 is 19.2 Å². The van der Waals surface area contributed by atoms with Gasteiger partial charge in [-0.05, 0) is 36.8 Å². The minimum absolute atomic E-state index is 0.276. The topological polar surface area (TPSA) is 83.6 Å². The Morgan fingerprint density at radius 1 is 1.16 bits per heavy atom. The van der Waals surface area contributed by atoms with E-state index in [1.54, 1.807) is 31.2 Å². The molecular formula is C25H24N3O3S+. The van der Waals surface area contributed by atoms with Crippen molar-refractivity contribution in [3.05, 3.63) is 87.3 Å². The van der Waals surface area contributed by atoms with Gasteiger partial charge in [0.15, 0.2) is 0 Å². The van der Waals surface area contributed by atoms with Gasteiger partial charge in [0.2, 0.25) is 0 Å². The Balaban J connectivity index is 1.58. The smallest absolute Gasteiger partial charge is 0.341 e. The fraction of sp³-hybridized carbons (Fsp3) is 0.240. The summed E-state index contributed by atoms with van der Waals surface area (Å²) < 4.78 is 5.31. The Kier molecular flexibility index (Phi) is 6.64. The van der Waals surface area contributed by atoms with Gasteiger partial charge in [-0.15, -0.1) is 11.3 Å². The van der Waals surface area contributed by atoms with Gasteiger partial charge >= 0.3 is 5.97 Å². The summed E-state index contributed by atoms with van der Waals surface area (Å²) in [7, 11) is 0. The highest BCUT2D eigenvalue weighted by Crippen LogP contribution is 2.35. The van der Waals surface area contributed by atoms with Gasteiger partial charge in [-0.3, -0.25) is 4.79 Å². The second-order valence-electron chi connectivity index (χ2n) is 7.66. The summed E-state index contributed by atoms with van der Waals surface area (Å²) in [6.07, 6.45) is 0.759. The van der Waals surface area contributed by atoms with Crippen LogP contribution in [0.25, 0.3) is 0 Å². The molecule has 2 heterocycles. The summed E-state index contributed by atoms with van der Waals surface area (Å²) in [4.78, 5) is 28.1. The van der Waals surface area contributed by atoms with E-state index in [0.29, 0.717) is 21.7 Å². The van der Waals surface area contributed by atoms with Crippen molar-refractivity contribution in [3.63, 3.8) is 0 Å². The molecule has 4 rings (SSSR count). The second kappa shape index (κ2) is 9.77. The number of quaternary nitrogens is 1. The first kappa shape index (κ1) is 21.8. The van der Waals surface area contributed by atoms with E-state index in [0.717, 1.165) is 36.5 Å². The quantitative estimate of drug-likeness (QED) is 0.570. The third-order valence-electron chi connectivity index (χ3n) is 5.51. The number of benzene rings is 2. The van der Waals surface area contributed by atoms with Crippen LogP contribution in [0.2, 0.25) is 0 Å². The summed E-state index contributed by atoms with van der Waals surface area (Å²) in [5, 5.41) is 12.4. The average molecular weight is 447 g/mol. The van der Waals surface area contributed by atoms with Gasteiger partial charge in [0.25, 0.3) is 5.91 Å². The summed E-state index contributed by atoms with van der Waals surface area (Å²) in [6, 6.07) is 18.8. The molecule has 0 aliphatic carbocycles. The molecule has 1 amide bonds. The van der Waals surface area contributed by atoms with Crippen LogP contribution in [0.1, 0.15) is 49.2 Å². The first-order valence-corrected chi connectivity index (χ1v) is 11.4. The monoisotopic (exact) mass is 446 g/mol. The number of nitriles is 1. The van der Waals surface area contributed by atoms with Crippen LogP contribution >= 0.6 is 11.3 Å². The van der Waals surface area contributed by atoms with Crippen molar-refractivity contribution in [2.45, 2.75) is 26.4 Å². The maximum atomic E-state index is 12.8. The van der Waals surface area contributed by atoms with Crippen molar-refractivity contribution in [2.24, 2.45) is 0 Å². The summed E-state index contributed by atoms with van der Waals surface area (Å²) in [5.74, 6) is -0.709. The molecule has 6 nitrogen and oxygen atoms in total. The maximum Gasteiger partial charge on any atom is 0.341 e. The molecule has 0 spiro atoms. The average Bonchev–Trinajstić information content (AvgIpc) is 3.17. The molecule has 1 unspecified atom stereocenters. The Hall–Kier alpha value is -3.47. The molecule has 1 aliphatic rings. The largest absolute Gasteiger partial charge is 0.462 e. The van der Waals surface area contributed by atoms with Gasteiger partial charge in [-0.2, -0.15) is 5.26 Å². The molecule has 162 valence electrons. The van der Waals surface area contributed by atoms with E-state index in [1.165, 1.54) is 21.8 Å². The molecule has 1 aromatic heterocycles. The first-order chi connectivity index (χ1) is 15.6. The number of carbonyl (C=O) groups is 2. The van der Waals surface area contributed by atoms with E-state index < -0.39 is 5.97 Å². The summed E-state index contributed by atoms with van der Waals surface area (Å²) in [6.45, 7) is 4.68. The Morgan fingerprint density at radius 2 is 1.91 bits per heavy atom. The van der Waals surface area contributed by atoms with Crippen molar-refractivity contribution in [1.82, 2.24) is 0 Å². The van der Waals surface area contributed by atoms with Gasteiger partial charge in [-0.1, -0.05) is 30.3 Å². The molecule has 3 aromatic rings. The number of fused-ring (bicyclic) bond motifs is 1. The summed E-state index contributed by atoms with van der Waals surface area (Å²) >= 11 is 1.46. The van der Waals surface area contributed by atoms with Crippen molar-refractivity contribution >= 4 is 28.2 Å². The number of hydrogen-bond donors (Lipinski definition) is 2. The minimum Gasteiger partial charge on any atom is -0.462 e. The highest BCUT2D eigenvalue weighted by Gasteiger charge is 2.31. The van der Waals surface area contributed by atoms with Crippen LogP contribution in [0.15, 0.2) is 54.6 Å². The molecular weight excluding hydrogens is 422 g/mol. The number of nitrogens with one attached hydrogen (secondary N) is 2. The van der Waals surface area contributed by atoms with Crippen molar-refractivity contribution in [2.75, 3.05) is 18.5 Å². The fourth-order valence-electron chi connectivity index (χ4n) is 3.95. The zero-order valence-electron chi connectivity index (χ0n) is 17.8. The van der Waals surface area contributed by atoms with Gasteiger partial charge in [0.1, 0.15) is 18.1 Å². The third kappa shape index (κ3) is 4.72. The van der Waals surface area contributed by atoms with E-state index >= 15 is 0 Å². The number of anilines is 1. The number of amides is 1. The van der Waals surface area contributed by atoms with Crippen LogP contribution < -0.4 is 10.2 Å². The van der Waals surface area contributed by atoms with Crippen LogP contribution in [0.5, 0.6) is 0 Å². The predicted molar refractivity (Wildman–Crippen MR) is 123 cm³/mol. The SMILES string of the molecule is CCOC(=O)c1c(NC(=O)c2ccc(C#N)cc2)sc2c1CC[NH+](Cc1ccccc1)C2. The molecule has 0 saturated heterocycles. The van der Waals surface area contributed by atoms with Crippen molar-refractivity contribution in [1.29, 1.82) is 5.26 Å². The first-order valence-electron chi connectivity index (χ1n) is 10.6. The molecule has 0 radical (unpaired) electrons. The van der Waals surface area contributed by atoms with Crippen LogP contribution in [-0.2, 0) is 24.2 Å². The molecule has 2 aromatic carbocycles. The van der Waals surface area contributed by atoms with E-state index in [9.17, 15) is 9.59 Å². The summed E-state index contributed by atoms with van der Waals surface area (Å²) in [5.41, 5.74) is 3.67. The normalized spacial score (nSPS) is 14.8. The van der Waals surface area contributed by atoms with Crippen LogP contribution in [-0.4, -0.2) is 25.0 Å². The number of hydrogen-bond acceptors (Lipinski definition) is 5. The Labute approximate surface area is 191 Å². The molecule has 0 fully saturated rings. The Bertz CT molecular complexity index is 1160. The number of nitrogens with zero attached hydrogens (tertiary/aromatic N) is 1. The molecule has 7 heteroatoms. The highest BCUT2D eigenvalue weighted by atomic mass is 32.1. The lowest BCUT2D eigenvalue weighted by Crippen LogP contribution is -3.10. The van der Waals surface area contributed by atoms with Crippen molar-refractivity contribution in [3.8, 4) is 6.07 Å². The minimum atomic E-state index is -0.397. The van der Waals surface area contributed by atoms with Crippen LogP contribution in [0.4, 0.5) is 5.00 Å². The van der Waals surface area contributed by atoms with Gasteiger partial charge in [0, 0.05) is 17.5 Å². The number of carbonyl (C=O) groups excluding carboxylic acids is 2. The zero-order valence-corrected chi connectivity index (χ0v) is 18.6. The van der Waals surface area contributed by atoms with Crippen LogP contribution in [0, 0.1) is 11.3 Å². The predicted octanol–water partition coefficient (Wildman–Crippen LogP) is 3.19. The number of thiophene rings is 1. The van der Waals surface area contributed by atoms with Crippen LogP contribution in [0.3, 0.4) is 0 Å². The van der Waals surface area contributed by atoms with E-state index in [-0.39, 0.29) is 12.5 Å². The van der Waals surface area contributed by atoms with Gasteiger partial charge in [0.05, 0.1) is 35.2 Å². The number of rotatable bonds is 6. The maximum absolute atomic E-state index is 12.8. The van der Waals surface area contributed by atoms with Gasteiger partial charge in [-0.25, -0.2) is 4.79 Å². The highest BCUT2D eigenvalue weighted by molar-refractivity contribution is 7.17. The molecule has 32 heavy (non-hydrogen) atoms. The molecule has 1 aliphatic heterocycles. The molecule has 1 atom stereocenters. The Morgan fingerprint density at radius 3 is 2.59 bits per heavy atom. The number of esters is 1. The van der Waals surface area contributed by atoms with E-state index in [2.05, 4.69) is 17.4 Å². The van der Waals surface area contributed by atoms with E-state index in [1.807, 2.05) is 24.3 Å². The zero-order chi connectivity index (χ0) is 22.5. The number of ether oxygens (including phenoxy) is 1. The molecule has 0 bridgehead atoms. The molecule has 2 N–H and O–H groups in total. The second-order valence-corrected chi connectivity index (χ2v) is 8.77. The molecule has 0 saturated carbocycles. The van der Waals surface area contributed by atoms with Gasteiger partial charge < -0.3 is 15.0 Å². The lowest BCUT2D eigenvalue weighted by Gasteiger charge is -2.24. The fourth-order valence-corrected chi connectivity index (χ4v) is 5.25. The lowest BCUT2D eigenvalue weighted by molar-refractivity contribution is -0.929. The third-order valence-corrected chi connectivity index (χ3v) is 6.66. The lowest BCUT2D eigenvalue weighted by atomic mass is 10.0. The standard InChI is InChI=1S/C25H23N3O3S/c1-2-31-25(30)22-20-12-13-28(15-18-6-4-3-5-7-18)16-21(20)32-24(22)27-23(29)19-10-8-17(14-26)9-11-19/h3-11H,2,12-13,15-16H2,1H3,(H,27,29)/p+1.